The Balaban J connectivity index is 0.00000529. The lowest BCUT2D eigenvalue weighted by Gasteiger charge is -2.16. The average molecular weight is 425 g/mol. The lowest BCUT2D eigenvalue weighted by molar-refractivity contribution is -0.121. The van der Waals surface area contributed by atoms with Crippen LogP contribution in [0.3, 0.4) is 0 Å². The van der Waals surface area contributed by atoms with Crippen LogP contribution in [0.1, 0.15) is 43.0 Å². The van der Waals surface area contributed by atoms with E-state index in [9.17, 15) is 14.0 Å². The van der Waals surface area contributed by atoms with Crippen molar-refractivity contribution in [3.05, 3.63) is 34.1 Å². The van der Waals surface area contributed by atoms with Gasteiger partial charge in [-0.1, -0.05) is 19.8 Å². The number of amides is 2. The number of unbranched alkanes of at least 4 members (excludes halogenated alkanes) is 1. The van der Waals surface area contributed by atoms with Crippen LogP contribution >= 0.6 is 28.3 Å². The zero-order chi connectivity index (χ0) is 17.2. The van der Waals surface area contributed by atoms with Crippen LogP contribution < -0.4 is 16.4 Å². The molecule has 1 rings (SSSR count). The standard InChI is InChI=1S/C16H23BrFN3O2.ClH/c1-2-3-4-12(10-19)21-15(22)7-8-20-16(23)13-9-11(18)5-6-14(13)17;/h5-6,9,12H,2-4,7-8,10,19H2,1H3,(H,20,23)(H,21,22);1H. The summed E-state index contributed by atoms with van der Waals surface area (Å²) in [5, 5.41) is 5.46. The molecular formula is C16H24BrClFN3O2. The predicted molar refractivity (Wildman–Crippen MR) is 98.8 cm³/mol. The Kier molecular flexibility index (Phi) is 11.6. The summed E-state index contributed by atoms with van der Waals surface area (Å²) in [4.78, 5) is 23.8. The Morgan fingerprint density at radius 3 is 2.71 bits per heavy atom. The largest absolute Gasteiger partial charge is 0.352 e. The van der Waals surface area contributed by atoms with Crippen LogP contribution in [0.4, 0.5) is 4.39 Å². The van der Waals surface area contributed by atoms with Crippen molar-refractivity contribution in [3.8, 4) is 0 Å². The second-order valence-electron chi connectivity index (χ2n) is 5.27. The first-order chi connectivity index (χ1) is 11.0. The summed E-state index contributed by atoms with van der Waals surface area (Å²) in [5.74, 6) is -1.07. The number of nitrogens with two attached hydrogens (primary N) is 1. The molecule has 0 heterocycles. The SMILES string of the molecule is CCCCC(CN)NC(=O)CCNC(=O)c1cc(F)ccc1Br.Cl. The van der Waals surface area contributed by atoms with Gasteiger partial charge in [-0.3, -0.25) is 9.59 Å². The van der Waals surface area contributed by atoms with Crippen LogP contribution in [0.15, 0.2) is 22.7 Å². The highest BCUT2D eigenvalue weighted by Crippen LogP contribution is 2.17. The maximum atomic E-state index is 13.2. The highest BCUT2D eigenvalue weighted by atomic mass is 79.9. The van der Waals surface area contributed by atoms with E-state index in [-0.39, 0.29) is 42.9 Å². The molecule has 136 valence electrons. The summed E-state index contributed by atoms with van der Waals surface area (Å²) >= 11 is 3.20. The first-order valence-electron chi connectivity index (χ1n) is 7.70. The molecule has 0 aliphatic carbocycles. The van der Waals surface area contributed by atoms with Crippen molar-refractivity contribution >= 4 is 40.2 Å². The van der Waals surface area contributed by atoms with Gasteiger partial charge in [-0.25, -0.2) is 4.39 Å². The number of rotatable bonds is 9. The monoisotopic (exact) mass is 423 g/mol. The van der Waals surface area contributed by atoms with E-state index in [1.165, 1.54) is 12.1 Å². The van der Waals surface area contributed by atoms with Gasteiger partial charge in [0.15, 0.2) is 0 Å². The molecule has 1 aromatic carbocycles. The fraction of sp³-hybridized carbons (Fsp3) is 0.500. The first kappa shape index (κ1) is 22.8. The molecule has 8 heteroatoms. The second-order valence-corrected chi connectivity index (χ2v) is 6.13. The maximum Gasteiger partial charge on any atom is 0.252 e. The predicted octanol–water partition coefficient (Wildman–Crippen LogP) is 2.76. The highest BCUT2D eigenvalue weighted by molar-refractivity contribution is 9.10. The average Bonchev–Trinajstić information content (AvgIpc) is 2.53. The molecular weight excluding hydrogens is 401 g/mol. The molecule has 0 fully saturated rings. The van der Waals surface area contributed by atoms with Gasteiger partial charge in [-0.15, -0.1) is 12.4 Å². The molecule has 24 heavy (non-hydrogen) atoms. The van der Waals surface area contributed by atoms with Crippen molar-refractivity contribution in [2.75, 3.05) is 13.1 Å². The molecule has 0 aliphatic heterocycles. The number of nitrogens with one attached hydrogen (secondary N) is 2. The minimum Gasteiger partial charge on any atom is -0.352 e. The Morgan fingerprint density at radius 2 is 2.08 bits per heavy atom. The van der Waals surface area contributed by atoms with Crippen molar-refractivity contribution in [3.63, 3.8) is 0 Å². The quantitative estimate of drug-likeness (QED) is 0.570. The van der Waals surface area contributed by atoms with Crippen LogP contribution in [0.2, 0.25) is 0 Å². The van der Waals surface area contributed by atoms with Crippen molar-refractivity contribution in [2.24, 2.45) is 5.73 Å². The van der Waals surface area contributed by atoms with Gasteiger partial charge in [0.05, 0.1) is 5.56 Å². The molecule has 5 nitrogen and oxygen atoms in total. The van der Waals surface area contributed by atoms with Crippen molar-refractivity contribution in [1.29, 1.82) is 0 Å². The van der Waals surface area contributed by atoms with Gasteiger partial charge in [-0.2, -0.15) is 0 Å². The van der Waals surface area contributed by atoms with Gasteiger partial charge in [0, 0.05) is 30.0 Å². The molecule has 0 spiro atoms. The van der Waals surface area contributed by atoms with E-state index >= 15 is 0 Å². The second kappa shape index (κ2) is 12.2. The molecule has 0 aliphatic rings. The van der Waals surface area contributed by atoms with Gasteiger partial charge < -0.3 is 16.4 Å². The lowest BCUT2D eigenvalue weighted by Crippen LogP contribution is -2.41. The van der Waals surface area contributed by atoms with Crippen LogP contribution in [-0.4, -0.2) is 30.9 Å². The molecule has 0 radical (unpaired) electrons. The van der Waals surface area contributed by atoms with Gasteiger partial charge in [0.2, 0.25) is 5.91 Å². The van der Waals surface area contributed by atoms with E-state index in [1.807, 2.05) is 0 Å². The van der Waals surface area contributed by atoms with E-state index in [2.05, 4.69) is 33.5 Å². The normalized spacial score (nSPS) is 11.3. The zero-order valence-corrected chi connectivity index (χ0v) is 16.0. The van der Waals surface area contributed by atoms with Gasteiger partial charge in [-0.05, 0) is 40.5 Å². The third-order valence-corrected chi connectivity index (χ3v) is 4.06. The molecule has 1 atom stereocenters. The van der Waals surface area contributed by atoms with E-state index in [0.717, 1.165) is 25.3 Å². The highest BCUT2D eigenvalue weighted by Gasteiger charge is 2.13. The number of carbonyl (C=O) groups excluding carboxylic acids is 2. The number of hydrogen-bond donors (Lipinski definition) is 3. The van der Waals surface area contributed by atoms with Crippen molar-refractivity contribution < 1.29 is 14.0 Å². The summed E-state index contributed by atoms with van der Waals surface area (Å²) < 4.78 is 13.7. The first-order valence-corrected chi connectivity index (χ1v) is 8.49. The molecule has 1 unspecified atom stereocenters. The van der Waals surface area contributed by atoms with Gasteiger partial charge in [0.25, 0.3) is 5.91 Å². The minimum absolute atomic E-state index is 0. The van der Waals surface area contributed by atoms with Crippen LogP contribution in [-0.2, 0) is 4.79 Å². The van der Waals surface area contributed by atoms with E-state index in [0.29, 0.717) is 11.0 Å². The summed E-state index contributed by atoms with van der Waals surface area (Å²) in [6.45, 7) is 2.66. The minimum atomic E-state index is -0.488. The fourth-order valence-corrected chi connectivity index (χ4v) is 2.48. The third kappa shape index (κ3) is 8.08. The summed E-state index contributed by atoms with van der Waals surface area (Å²) in [6, 6.07) is 3.85. The lowest BCUT2D eigenvalue weighted by atomic mass is 10.1. The molecule has 2 amide bonds. The molecule has 1 aromatic rings. The fourth-order valence-electron chi connectivity index (χ4n) is 2.06. The Labute approximate surface area is 156 Å². The molecule has 0 bridgehead atoms. The van der Waals surface area contributed by atoms with Crippen LogP contribution in [0, 0.1) is 5.82 Å². The smallest absolute Gasteiger partial charge is 0.252 e. The Hall–Kier alpha value is -1.18. The maximum absolute atomic E-state index is 13.2. The molecule has 0 saturated heterocycles. The van der Waals surface area contributed by atoms with E-state index in [1.54, 1.807) is 0 Å². The Morgan fingerprint density at radius 1 is 1.38 bits per heavy atom. The van der Waals surface area contributed by atoms with Crippen LogP contribution in [0.5, 0.6) is 0 Å². The number of carbonyl (C=O) groups is 2. The van der Waals surface area contributed by atoms with Crippen molar-refractivity contribution in [2.45, 2.75) is 38.6 Å². The summed E-state index contributed by atoms with van der Waals surface area (Å²) in [5.41, 5.74) is 5.82. The molecule has 0 aromatic heterocycles. The van der Waals surface area contributed by atoms with Gasteiger partial charge in [0.1, 0.15) is 5.82 Å². The zero-order valence-electron chi connectivity index (χ0n) is 13.6. The summed E-state index contributed by atoms with van der Waals surface area (Å²) in [7, 11) is 0. The molecule has 0 saturated carbocycles. The van der Waals surface area contributed by atoms with E-state index in [4.69, 9.17) is 5.73 Å². The third-order valence-electron chi connectivity index (χ3n) is 3.37. The Bertz CT molecular complexity index is 546. The topological polar surface area (TPSA) is 84.2 Å². The number of hydrogen-bond acceptors (Lipinski definition) is 3. The van der Waals surface area contributed by atoms with Gasteiger partial charge >= 0.3 is 0 Å². The molecule has 4 N–H and O–H groups in total. The van der Waals surface area contributed by atoms with Crippen LogP contribution in [0.25, 0.3) is 0 Å². The number of benzene rings is 1. The van der Waals surface area contributed by atoms with E-state index < -0.39 is 11.7 Å². The number of halogens is 3. The van der Waals surface area contributed by atoms with Crippen molar-refractivity contribution in [1.82, 2.24) is 10.6 Å². The summed E-state index contributed by atoms with van der Waals surface area (Å²) in [6.07, 6.45) is 3.06.